The van der Waals surface area contributed by atoms with E-state index in [4.69, 9.17) is 14.2 Å². The van der Waals surface area contributed by atoms with Gasteiger partial charge in [-0.3, -0.25) is 4.79 Å². The van der Waals surface area contributed by atoms with Crippen molar-refractivity contribution in [1.29, 1.82) is 0 Å². The van der Waals surface area contributed by atoms with Crippen molar-refractivity contribution in [2.24, 2.45) is 0 Å². The summed E-state index contributed by atoms with van der Waals surface area (Å²) in [5.41, 5.74) is 0. The molecule has 0 aliphatic heterocycles. The molecule has 0 spiro atoms. The second-order valence-electron chi connectivity index (χ2n) is 13.9. The molecule has 7 nitrogen and oxygen atoms in total. The highest BCUT2D eigenvalue weighted by Gasteiger charge is 2.21. The molecule has 2 N–H and O–H groups in total. The summed E-state index contributed by atoms with van der Waals surface area (Å²) in [7, 11) is 1.69. The van der Waals surface area contributed by atoms with E-state index in [9.17, 15) is 15.0 Å². The van der Waals surface area contributed by atoms with Crippen LogP contribution in [0.5, 0.6) is 0 Å². The van der Waals surface area contributed by atoms with Crippen LogP contribution >= 0.6 is 0 Å². The van der Waals surface area contributed by atoms with Gasteiger partial charge in [0, 0.05) is 39.8 Å². The first-order chi connectivity index (χ1) is 23.1. The molecule has 0 heterocycles. The molecule has 0 aliphatic rings. The van der Waals surface area contributed by atoms with E-state index in [1.54, 1.807) is 7.11 Å². The number of ether oxygens (including phenoxy) is 3. The maximum atomic E-state index is 13.3. The average Bonchev–Trinajstić information content (AvgIpc) is 3.08. The van der Waals surface area contributed by atoms with Gasteiger partial charge in [0.1, 0.15) is 6.10 Å². The Labute approximate surface area is 292 Å². The number of hydrogen-bond donors (Lipinski definition) is 2. The SMILES string of the molecule is CCCCCCCCCCCCCCCC(=O)N(CCCOC)CC(COCCCCCCCCCCCCCC)OCC(O)CO. The quantitative estimate of drug-likeness (QED) is 0.0633. The largest absolute Gasteiger partial charge is 0.394 e. The standard InChI is InChI=1S/C40H81NO6/c1-4-6-8-10-12-14-16-18-19-21-23-25-27-30-40(44)41(31-29-32-45-3)34-39(47-36-38(43)35-42)37-46-33-28-26-24-22-20-17-15-13-11-9-7-5-2/h38-39,42-43H,4-37H2,1-3H3. The zero-order valence-electron chi connectivity index (χ0n) is 31.7. The van der Waals surface area contributed by atoms with E-state index < -0.39 is 6.10 Å². The van der Waals surface area contributed by atoms with Crippen molar-refractivity contribution >= 4 is 5.91 Å². The van der Waals surface area contributed by atoms with E-state index in [2.05, 4.69) is 13.8 Å². The number of aliphatic hydroxyl groups excluding tert-OH is 2. The third-order valence-corrected chi connectivity index (χ3v) is 9.23. The van der Waals surface area contributed by atoms with Crippen LogP contribution in [0.3, 0.4) is 0 Å². The lowest BCUT2D eigenvalue weighted by molar-refractivity contribution is -0.135. The molecular weight excluding hydrogens is 590 g/mol. The normalized spacial score (nSPS) is 12.9. The number of hydrogen-bond acceptors (Lipinski definition) is 6. The summed E-state index contributed by atoms with van der Waals surface area (Å²) in [6.07, 6.45) is 32.5. The number of unbranched alkanes of at least 4 members (excludes halogenated alkanes) is 23. The molecule has 0 rings (SSSR count). The van der Waals surface area contributed by atoms with Gasteiger partial charge in [0.05, 0.1) is 25.9 Å². The Kier molecular flexibility index (Phi) is 37.5. The second-order valence-corrected chi connectivity index (χ2v) is 13.9. The highest BCUT2D eigenvalue weighted by molar-refractivity contribution is 5.76. The number of carbonyl (C=O) groups excluding carboxylic acids is 1. The van der Waals surface area contributed by atoms with Crippen LogP contribution in [0.15, 0.2) is 0 Å². The fourth-order valence-corrected chi connectivity index (χ4v) is 6.13. The minimum Gasteiger partial charge on any atom is -0.394 e. The summed E-state index contributed by atoms with van der Waals surface area (Å²) in [5, 5.41) is 19.2. The van der Waals surface area contributed by atoms with Gasteiger partial charge in [0.15, 0.2) is 0 Å². The van der Waals surface area contributed by atoms with Crippen LogP contribution in [0, 0.1) is 0 Å². The molecular formula is C40H81NO6. The third kappa shape index (κ3) is 33.5. The molecule has 7 heteroatoms. The van der Waals surface area contributed by atoms with E-state index in [0.29, 0.717) is 39.3 Å². The Morgan fingerprint density at radius 3 is 1.49 bits per heavy atom. The van der Waals surface area contributed by atoms with Crippen LogP contribution in [0.4, 0.5) is 0 Å². The van der Waals surface area contributed by atoms with Crippen LogP contribution in [-0.4, -0.2) is 86.5 Å². The van der Waals surface area contributed by atoms with Crippen molar-refractivity contribution in [3.05, 3.63) is 0 Å². The van der Waals surface area contributed by atoms with Gasteiger partial charge in [0.2, 0.25) is 5.91 Å². The van der Waals surface area contributed by atoms with Gasteiger partial charge in [-0.2, -0.15) is 0 Å². The molecule has 0 aromatic rings. The van der Waals surface area contributed by atoms with E-state index in [0.717, 1.165) is 25.7 Å². The minimum absolute atomic E-state index is 0.0299. The molecule has 0 bridgehead atoms. The molecule has 2 unspecified atom stereocenters. The number of rotatable bonds is 39. The van der Waals surface area contributed by atoms with Crippen molar-refractivity contribution in [1.82, 2.24) is 4.90 Å². The van der Waals surface area contributed by atoms with Crippen LogP contribution in [0.1, 0.15) is 187 Å². The number of amides is 1. The van der Waals surface area contributed by atoms with E-state index >= 15 is 0 Å². The fourth-order valence-electron chi connectivity index (χ4n) is 6.13. The predicted octanol–water partition coefficient (Wildman–Crippen LogP) is 9.79. The first-order valence-electron chi connectivity index (χ1n) is 20.3. The number of nitrogens with zero attached hydrogens (tertiary/aromatic N) is 1. The monoisotopic (exact) mass is 672 g/mol. The zero-order valence-corrected chi connectivity index (χ0v) is 31.7. The van der Waals surface area contributed by atoms with Crippen molar-refractivity contribution in [2.45, 2.75) is 199 Å². The van der Waals surface area contributed by atoms with Gasteiger partial charge < -0.3 is 29.3 Å². The minimum atomic E-state index is -0.933. The Morgan fingerprint density at radius 2 is 1.04 bits per heavy atom. The lowest BCUT2D eigenvalue weighted by atomic mass is 10.0. The summed E-state index contributed by atoms with van der Waals surface area (Å²) in [6, 6.07) is 0. The van der Waals surface area contributed by atoms with Crippen LogP contribution in [-0.2, 0) is 19.0 Å². The molecule has 0 fully saturated rings. The Morgan fingerprint density at radius 1 is 0.596 bits per heavy atom. The summed E-state index contributed by atoms with van der Waals surface area (Å²) >= 11 is 0. The molecule has 47 heavy (non-hydrogen) atoms. The molecule has 0 radical (unpaired) electrons. The van der Waals surface area contributed by atoms with Crippen molar-refractivity contribution in [3.63, 3.8) is 0 Å². The molecule has 0 aromatic carbocycles. The van der Waals surface area contributed by atoms with Gasteiger partial charge in [-0.1, -0.05) is 162 Å². The summed E-state index contributed by atoms with van der Waals surface area (Å²) in [4.78, 5) is 15.2. The fraction of sp³-hybridized carbons (Fsp3) is 0.975. The van der Waals surface area contributed by atoms with Gasteiger partial charge in [-0.25, -0.2) is 0 Å². The summed E-state index contributed by atoms with van der Waals surface area (Å²) in [5.74, 6) is 0.154. The third-order valence-electron chi connectivity index (χ3n) is 9.23. The number of aliphatic hydroxyl groups is 2. The average molecular weight is 672 g/mol. The maximum Gasteiger partial charge on any atom is 0.222 e. The first-order valence-corrected chi connectivity index (χ1v) is 20.3. The van der Waals surface area contributed by atoms with Crippen molar-refractivity contribution in [3.8, 4) is 0 Å². The topological polar surface area (TPSA) is 88.5 Å². The summed E-state index contributed by atoms with van der Waals surface area (Å²) in [6.45, 7) is 6.93. The molecule has 0 saturated carbocycles. The van der Waals surface area contributed by atoms with Crippen LogP contribution in [0.25, 0.3) is 0 Å². The lowest BCUT2D eigenvalue weighted by Crippen LogP contribution is -2.42. The predicted molar refractivity (Wildman–Crippen MR) is 198 cm³/mol. The van der Waals surface area contributed by atoms with Gasteiger partial charge in [-0.15, -0.1) is 0 Å². The van der Waals surface area contributed by atoms with Gasteiger partial charge >= 0.3 is 0 Å². The first kappa shape index (κ1) is 46.3. The van der Waals surface area contributed by atoms with E-state index in [1.165, 1.54) is 141 Å². The van der Waals surface area contributed by atoms with Gasteiger partial charge in [0.25, 0.3) is 0 Å². The number of carbonyl (C=O) groups is 1. The Balaban J connectivity index is 4.36. The summed E-state index contributed by atoms with van der Waals surface area (Å²) < 4.78 is 17.2. The number of methoxy groups -OCH3 is 1. The lowest BCUT2D eigenvalue weighted by Gasteiger charge is -2.28. The highest BCUT2D eigenvalue weighted by atomic mass is 16.5. The molecule has 0 saturated heterocycles. The van der Waals surface area contributed by atoms with Crippen LogP contribution in [0.2, 0.25) is 0 Å². The van der Waals surface area contributed by atoms with Crippen molar-refractivity contribution < 1.29 is 29.2 Å². The molecule has 2 atom stereocenters. The Hall–Kier alpha value is -0.730. The maximum absolute atomic E-state index is 13.3. The highest BCUT2D eigenvalue weighted by Crippen LogP contribution is 2.15. The van der Waals surface area contributed by atoms with Crippen molar-refractivity contribution in [2.75, 3.05) is 53.2 Å². The van der Waals surface area contributed by atoms with E-state index in [-0.39, 0.29) is 25.2 Å². The molecule has 0 aliphatic carbocycles. The van der Waals surface area contributed by atoms with E-state index in [1.807, 2.05) is 4.90 Å². The molecule has 1 amide bonds. The smallest absolute Gasteiger partial charge is 0.222 e. The van der Waals surface area contributed by atoms with Gasteiger partial charge in [-0.05, 0) is 19.3 Å². The molecule has 282 valence electrons. The molecule has 0 aromatic heterocycles. The van der Waals surface area contributed by atoms with Crippen LogP contribution < -0.4 is 0 Å². The second kappa shape index (κ2) is 38.1. The Bertz CT molecular complexity index is 622. The zero-order chi connectivity index (χ0) is 34.5.